The first kappa shape index (κ1) is 24.5. The van der Waals surface area contributed by atoms with Crippen molar-refractivity contribution in [1.29, 1.82) is 0 Å². The molecule has 0 fully saturated rings. The zero-order valence-corrected chi connectivity index (χ0v) is 19.0. The average molecular weight is 460 g/mol. The summed E-state index contributed by atoms with van der Waals surface area (Å²) in [6.07, 6.45) is 7.53. The number of likely N-dealkylation sites (N-methyl/N-ethyl adjacent to an activating group) is 1. The molecular weight excluding hydrogens is 434 g/mol. The van der Waals surface area contributed by atoms with Crippen molar-refractivity contribution >= 4 is 39.3 Å². The van der Waals surface area contributed by atoms with Gasteiger partial charge in [-0.05, 0) is 48.8 Å². The highest BCUT2D eigenvalue weighted by Crippen LogP contribution is 2.13. The molecule has 164 valence electrons. The first-order valence-corrected chi connectivity index (χ1v) is 12.3. The van der Waals surface area contributed by atoms with Crippen LogP contribution in [0.4, 0.5) is 5.69 Å². The molecule has 0 saturated heterocycles. The molecule has 31 heavy (non-hydrogen) atoms. The average Bonchev–Trinajstić information content (AvgIpc) is 2.76. The van der Waals surface area contributed by atoms with Crippen LogP contribution in [0.2, 0.25) is 0 Å². The van der Waals surface area contributed by atoms with Gasteiger partial charge in [-0.3, -0.25) is 9.59 Å². The smallest absolute Gasteiger partial charge is 0.243 e. The fourth-order valence-corrected chi connectivity index (χ4v) is 4.49. The molecule has 0 aromatic heterocycles. The molecule has 0 aliphatic heterocycles. The van der Waals surface area contributed by atoms with Crippen molar-refractivity contribution in [2.75, 3.05) is 30.9 Å². The van der Waals surface area contributed by atoms with Gasteiger partial charge in [-0.25, -0.2) is 8.42 Å². The third-order valence-electron chi connectivity index (χ3n) is 4.33. The van der Waals surface area contributed by atoms with Crippen molar-refractivity contribution in [2.24, 2.45) is 0 Å². The molecule has 7 nitrogen and oxygen atoms in total. The summed E-state index contributed by atoms with van der Waals surface area (Å²) in [5.41, 5.74) is 1.14. The molecule has 2 aromatic rings. The number of anilines is 1. The summed E-state index contributed by atoms with van der Waals surface area (Å²) < 4.78 is 27.8. The summed E-state index contributed by atoms with van der Waals surface area (Å²) in [6, 6.07) is 13.7. The maximum absolute atomic E-state index is 12.9. The van der Waals surface area contributed by atoms with Gasteiger partial charge in [0.15, 0.2) is 0 Å². The minimum atomic E-state index is -3.88. The SMILES string of the molecule is C#Cc1cccc(NC(=O)CN(C)C(=O)C(CCSC)NS(=O)(=O)c2ccccc2)c1. The molecule has 2 N–H and O–H groups in total. The monoisotopic (exact) mass is 459 g/mol. The number of hydrogen-bond acceptors (Lipinski definition) is 5. The Bertz CT molecular complexity index is 1050. The zero-order valence-electron chi connectivity index (χ0n) is 17.4. The van der Waals surface area contributed by atoms with Crippen LogP contribution in [0.15, 0.2) is 59.5 Å². The number of rotatable bonds is 10. The highest BCUT2D eigenvalue weighted by atomic mass is 32.2. The second kappa shape index (κ2) is 11.6. The fourth-order valence-electron chi connectivity index (χ4n) is 2.77. The van der Waals surface area contributed by atoms with Crippen molar-refractivity contribution < 1.29 is 18.0 Å². The fraction of sp³-hybridized carbons (Fsp3) is 0.273. The summed E-state index contributed by atoms with van der Waals surface area (Å²) >= 11 is 1.50. The maximum Gasteiger partial charge on any atom is 0.243 e. The molecule has 0 radical (unpaired) electrons. The zero-order chi connectivity index (χ0) is 22.9. The highest BCUT2D eigenvalue weighted by Gasteiger charge is 2.28. The van der Waals surface area contributed by atoms with Gasteiger partial charge in [-0.15, -0.1) is 6.42 Å². The predicted molar refractivity (Wildman–Crippen MR) is 124 cm³/mol. The lowest BCUT2D eigenvalue weighted by Gasteiger charge is -2.24. The van der Waals surface area contributed by atoms with Crippen LogP contribution in [0.25, 0.3) is 0 Å². The van der Waals surface area contributed by atoms with Crippen LogP contribution < -0.4 is 10.0 Å². The van der Waals surface area contributed by atoms with E-state index in [1.54, 1.807) is 42.5 Å². The third kappa shape index (κ3) is 7.43. The van der Waals surface area contributed by atoms with Gasteiger partial charge in [0.05, 0.1) is 11.4 Å². The van der Waals surface area contributed by atoms with Crippen molar-refractivity contribution in [3.63, 3.8) is 0 Å². The summed E-state index contributed by atoms with van der Waals surface area (Å²) in [4.78, 5) is 26.6. The number of carbonyl (C=O) groups excluding carboxylic acids is 2. The lowest BCUT2D eigenvalue weighted by Crippen LogP contribution is -2.49. The number of nitrogens with zero attached hydrogens (tertiary/aromatic N) is 1. The van der Waals surface area contributed by atoms with E-state index in [1.165, 1.54) is 35.8 Å². The Kier molecular flexibility index (Phi) is 9.12. The van der Waals surface area contributed by atoms with E-state index in [0.717, 1.165) is 0 Å². The Labute approximate surface area is 187 Å². The van der Waals surface area contributed by atoms with Gasteiger partial charge in [0, 0.05) is 18.3 Å². The molecule has 0 heterocycles. The maximum atomic E-state index is 12.9. The molecule has 1 unspecified atom stereocenters. The van der Waals surface area contributed by atoms with Crippen molar-refractivity contribution in [3.05, 3.63) is 60.2 Å². The molecule has 9 heteroatoms. The molecule has 0 aliphatic carbocycles. The second-order valence-electron chi connectivity index (χ2n) is 6.74. The second-order valence-corrected chi connectivity index (χ2v) is 9.44. The van der Waals surface area contributed by atoms with Crippen molar-refractivity contribution in [1.82, 2.24) is 9.62 Å². The number of sulfonamides is 1. The lowest BCUT2D eigenvalue weighted by atomic mass is 10.2. The van der Waals surface area contributed by atoms with Gasteiger partial charge < -0.3 is 10.2 Å². The number of amides is 2. The summed E-state index contributed by atoms with van der Waals surface area (Å²) in [5.74, 6) is 2.16. The Morgan fingerprint density at radius 1 is 1.16 bits per heavy atom. The minimum absolute atomic E-state index is 0.0748. The van der Waals surface area contributed by atoms with Crippen LogP contribution >= 0.6 is 11.8 Å². The van der Waals surface area contributed by atoms with Gasteiger partial charge in [0.25, 0.3) is 0 Å². The van der Waals surface area contributed by atoms with Crippen LogP contribution in [0, 0.1) is 12.3 Å². The van der Waals surface area contributed by atoms with Gasteiger partial charge in [-0.2, -0.15) is 16.5 Å². The van der Waals surface area contributed by atoms with Crippen molar-refractivity contribution in [3.8, 4) is 12.3 Å². The minimum Gasteiger partial charge on any atom is -0.335 e. The quantitative estimate of drug-likeness (QED) is 0.531. The molecule has 0 bridgehead atoms. The highest BCUT2D eigenvalue weighted by molar-refractivity contribution is 7.98. The van der Waals surface area contributed by atoms with E-state index in [9.17, 15) is 18.0 Å². The molecule has 2 aromatic carbocycles. The first-order valence-electron chi connectivity index (χ1n) is 9.44. The number of thioether (sulfide) groups is 1. The topological polar surface area (TPSA) is 95.6 Å². The van der Waals surface area contributed by atoms with E-state index in [4.69, 9.17) is 6.42 Å². The number of benzene rings is 2. The molecule has 2 amide bonds. The van der Waals surface area contributed by atoms with Crippen molar-refractivity contribution in [2.45, 2.75) is 17.4 Å². The Morgan fingerprint density at radius 2 is 1.87 bits per heavy atom. The van der Waals surface area contributed by atoms with Crippen LogP contribution in [-0.2, 0) is 19.6 Å². The summed E-state index contributed by atoms with van der Waals surface area (Å²) in [6.45, 7) is -0.234. The summed E-state index contributed by atoms with van der Waals surface area (Å²) in [7, 11) is -2.42. The number of nitrogens with one attached hydrogen (secondary N) is 2. The van der Waals surface area contributed by atoms with Crippen LogP contribution in [0.3, 0.4) is 0 Å². The standard InChI is InChI=1S/C22H25N3O4S2/c1-4-17-9-8-10-18(15-17)23-21(26)16-25(2)22(27)20(13-14-30-3)24-31(28,29)19-11-6-5-7-12-19/h1,5-12,15,20,24H,13-14,16H2,2-3H3,(H,23,26). The Hall–Kier alpha value is -2.80. The molecule has 1 atom stereocenters. The Morgan fingerprint density at radius 3 is 2.52 bits per heavy atom. The van der Waals surface area contributed by atoms with Gasteiger partial charge >= 0.3 is 0 Å². The van der Waals surface area contributed by atoms with E-state index in [0.29, 0.717) is 23.4 Å². The Balaban J connectivity index is 2.07. The lowest BCUT2D eigenvalue weighted by molar-refractivity contribution is -0.134. The van der Waals surface area contributed by atoms with Gasteiger partial charge in [0.1, 0.15) is 6.04 Å². The van der Waals surface area contributed by atoms with Crippen LogP contribution in [0.5, 0.6) is 0 Å². The third-order valence-corrected chi connectivity index (χ3v) is 6.46. The predicted octanol–water partition coefficient (Wildman–Crippen LogP) is 2.16. The molecule has 0 saturated carbocycles. The van der Waals surface area contributed by atoms with E-state index in [2.05, 4.69) is 16.0 Å². The normalized spacial score (nSPS) is 11.9. The van der Waals surface area contributed by atoms with Gasteiger partial charge in [0.2, 0.25) is 21.8 Å². The van der Waals surface area contributed by atoms with Crippen LogP contribution in [-0.4, -0.2) is 56.8 Å². The van der Waals surface area contributed by atoms with E-state index < -0.39 is 27.9 Å². The number of hydrogen-bond donors (Lipinski definition) is 2. The van der Waals surface area contributed by atoms with E-state index >= 15 is 0 Å². The summed E-state index contributed by atoms with van der Waals surface area (Å²) in [5, 5.41) is 2.69. The molecule has 0 aliphatic rings. The van der Waals surface area contributed by atoms with E-state index in [1.807, 2.05) is 6.26 Å². The largest absolute Gasteiger partial charge is 0.335 e. The number of carbonyl (C=O) groups is 2. The molecule has 2 rings (SSSR count). The first-order chi connectivity index (χ1) is 14.8. The van der Waals surface area contributed by atoms with E-state index in [-0.39, 0.29) is 11.4 Å². The van der Waals surface area contributed by atoms with Gasteiger partial charge in [-0.1, -0.05) is 30.2 Å². The number of terminal acetylenes is 1. The van der Waals surface area contributed by atoms with Crippen LogP contribution in [0.1, 0.15) is 12.0 Å². The molecule has 0 spiro atoms. The molecular formula is C22H25N3O4S2.